The Hall–Kier alpha value is -0.860. The van der Waals surface area contributed by atoms with Crippen LogP contribution in [0.3, 0.4) is 0 Å². The van der Waals surface area contributed by atoms with Crippen molar-refractivity contribution in [2.24, 2.45) is 5.41 Å². The number of aliphatic hydroxyl groups is 2. The molecule has 0 aromatic carbocycles. The first-order chi connectivity index (χ1) is 7.68. The van der Waals surface area contributed by atoms with Crippen molar-refractivity contribution in [3.05, 3.63) is 36.0 Å². The molecule has 0 aromatic rings. The molecule has 2 heteroatoms. The van der Waals surface area contributed by atoms with E-state index < -0.39 is 5.60 Å². The molecule has 1 rings (SSSR count). The molecule has 1 unspecified atom stereocenters. The summed E-state index contributed by atoms with van der Waals surface area (Å²) in [4.78, 5) is 0. The molecule has 0 saturated heterocycles. The average Bonchev–Trinajstić information content (AvgIpc) is 2.14. The summed E-state index contributed by atoms with van der Waals surface area (Å²) in [6.07, 6.45) is 6.49. The molecule has 2 nitrogen and oxygen atoms in total. The second-order valence-electron chi connectivity index (χ2n) is 5.90. The van der Waals surface area contributed by atoms with E-state index in [2.05, 4.69) is 20.4 Å². The lowest BCUT2D eigenvalue weighted by atomic mass is 9.71. The van der Waals surface area contributed by atoms with E-state index in [-0.39, 0.29) is 11.5 Å². The summed E-state index contributed by atoms with van der Waals surface area (Å²) < 4.78 is 0. The molecule has 17 heavy (non-hydrogen) atoms. The fourth-order valence-corrected chi connectivity index (χ4v) is 2.50. The third-order valence-electron chi connectivity index (χ3n) is 3.48. The van der Waals surface area contributed by atoms with Gasteiger partial charge in [-0.05, 0) is 43.8 Å². The first kappa shape index (κ1) is 14.2. The number of aliphatic hydroxyl groups excluding tert-OH is 1. The van der Waals surface area contributed by atoms with Crippen LogP contribution in [0.5, 0.6) is 0 Å². The molecule has 1 aliphatic carbocycles. The number of hydrogen-bond acceptors (Lipinski definition) is 2. The van der Waals surface area contributed by atoms with Gasteiger partial charge in [0.15, 0.2) is 0 Å². The predicted octanol–water partition coefficient (Wildman–Crippen LogP) is 2.98. The molecule has 1 aliphatic rings. The molecular weight excluding hydrogens is 212 g/mol. The Bertz CT molecular complexity index is 359. The van der Waals surface area contributed by atoms with Crippen molar-refractivity contribution in [3.63, 3.8) is 0 Å². The van der Waals surface area contributed by atoms with Crippen LogP contribution in [0.2, 0.25) is 0 Å². The molecule has 0 radical (unpaired) electrons. The van der Waals surface area contributed by atoms with Crippen LogP contribution in [0.4, 0.5) is 0 Å². The van der Waals surface area contributed by atoms with Crippen LogP contribution in [0.25, 0.3) is 0 Å². The maximum Gasteiger partial charge on any atom is 0.0981 e. The van der Waals surface area contributed by atoms with Gasteiger partial charge in [0, 0.05) is 0 Å². The molecule has 0 saturated carbocycles. The normalized spacial score (nSPS) is 28.2. The van der Waals surface area contributed by atoms with Crippen LogP contribution < -0.4 is 0 Å². The molecule has 2 N–H and O–H groups in total. The van der Waals surface area contributed by atoms with Gasteiger partial charge in [-0.1, -0.05) is 38.2 Å². The number of allylic oxidation sites excluding steroid dienone is 2. The van der Waals surface area contributed by atoms with Gasteiger partial charge in [0.1, 0.15) is 0 Å². The maximum absolute atomic E-state index is 9.89. The minimum Gasteiger partial charge on any atom is -0.393 e. The van der Waals surface area contributed by atoms with Gasteiger partial charge >= 0.3 is 0 Å². The van der Waals surface area contributed by atoms with E-state index in [1.165, 1.54) is 17.2 Å². The molecule has 96 valence electrons. The van der Waals surface area contributed by atoms with Crippen molar-refractivity contribution in [1.29, 1.82) is 0 Å². The third kappa shape index (κ3) is 3.55. The predicted molar refractivity (Wildman–Crippen MR) is 71.7 cm³/mol. The first-order valence-corrected chi connectivity index (χ1v) is 6.11. The van der Waals surface area contributed by atoms with Crippen LogP contribution in [0, 0.1) is 5.41 Å². The first-order valence-electron chi connectivity index (χ1n) is 6.11. The lowest BCUT2D eigenvalue weighted by Gasteiger charge is -2.36. The molecule has 2 atom stereocenters. The van der Waals surface area contributed by atoms with Crippen molar-refractivity contribution in [2.75, 3.05) is 0 Å². The summed E-state index contributed by atoms with van der Waals surface area (Å²) >= 11 is 0. The van der Waals surface area contributed by atoms with E-state index >= 15 is 0 Å². The number of rotatable bonds is 3. The minimum absolute atomic E-state index is 0.0461. The lowest BCUT2D eigenvalue weighted by molar-refractivity contribution is 0.116. The second kappa shape index (κ2) is 4.79. The molecule has 0 amide bonds. The van der Waals surface area contributed by atoms with Crippen molar-refractivity contribution < 1.29 is 10.2 Å². The lowest BCUT2D eigenvalue weighted by Crippen LogP contribution is -2.28. The Kier molecular flexibility index (Phi) is 4.00. The zero-order valence-corrected chi connectivity index (χ0v) is 11.3. The van der Waals surface area contributed by atoms with Gasteiger partial charge in [0.25, 0.3) is 0 Å². The van der Waals surface area contributed by atoms with Gasteiger partial charge in [0.05, 0.1) is 11.7 Å². The summed E-state index contributed by atoms with van der Waals surface area (Å²) in [6.45, 7) is 11.6. The molecule has 0 heterocycles. The fourth-order valence-electron chi connectivity index (χ4n) is 2.50. The maximum atomic E-state index is 9.89. The van der Waals surface area contributed by atoms with E-state index in [0.717, 1.165) is 12.8 Å². The van der Waals surface area contributed by atoms with Crippen molar-refractivity contribution in [2.45, 2.75) is 52.2 Å². The van der Waals surface area contributed by atoms with E-state index in [0.29, 0.717) is 0 Å². The summed E-state index contributed by atoms with van der Waals surface area (Å²) in [5.41, 5.74) is 1.39. The topological polar surface area (TPSA) is 40.5 Å². The van der Waals surface area contributed by atoms with Gasteiger partial charge in [-0.25, -0.2) is 0 Å². The Labute approximate surface area is 104 Å². The van der Waals surface area contributed by atoms with E-state index in [1.54, 1.807) is 13.0 Å². The van der Waals surface area contributed by atoms with Crippen molar-refractivity contribution in [1.82, 2.24) is 0 Å². The summed E-state index contributed by atoms with van der Waals surface area (Å²) in [6, 6.07) is 0. The highest BCUT2D eigenvalue weighted by molar-refractivity contribution is 5.35. The van der Waals surface area contributed by atoms with Crippen LogP contribution in [0.15, 0.2) is 36.0 Å². The van der Waals surface area contributed by atoms with Crippen LogP contribution in [-0.2, 0) is 0 Å². The van der Waals surface area contributed by atoms with Gasteiger partial charge in [-0.3, -0.25) is 0 Å². The van der Waals surface area contributed by atoms with E-state index in [4.69, 9.17) is 0 Å². The van der Waals surface area contributed by atoms with Gasteiger partial charge < -0.3 is 10.2 Å². The summed E-state index contributed by atoms with van der Waals surface area (Å²) in [5.74, 6) is 0. The van der Waals surface area contributed by atoms with Crippen LogP contribution in [0.1, 0.15) is 40.5 Å². The highest BCUT2D eigenvalue weighted by Gasteiger charge is 2.31. The Morgan fingerprint density at radius 1 is 1.47 bits per heavy atom. The van der Waals surface area contributed by atoms with Crippen molar-refractivity contribution >= 4 is 0 Å². The number of hydrogen-bond donors (Lipinski definition) is 2. The Morgan fingerprint density at radius 3 is 2.53 bits per heavy atom. The molecule has 0 aromatic heterocycles. The monoisotopic (exact) mass is 236 g/mol. The van der Waals surface area contributed by atoms with Crippen molar-refractivity contribution in [3.8, 4) is 0 Å². The minimum atomic E-state index is -0.973. The molecular formula is C15H24O2. The van der Waals surface area contributed by atoms with Crippen LogP contribution in [-0.4, -0.2) is 21.9 Å². The van der Waals surface area contributed by atoms with Gasteiger partial charge in [0.2, 0.25) is 0 Å². The summed E-state index contributed by atoms with van der Waals surface area (Å²) in [5, 5.41) is 19.7. The van der Waals surface area contributed by atoms with E-state index in [1.807, 2.05) is 13.0 Å². The summed E-state index contributed by atoms with van der Waals surface area (Å²) in [7, 11) is 0. The van der Waals surface area contributed by atoms with Gasteiger partial charge in [-0.2, -0.15) is 0 Å². The molecule has 0 bridgehead atoms. The zero-order chi connectivity index (χ0) is 13.3. The molecule has 0 aliphatic heterocycles. The second-order valence-corrected chi connectivity index (χ2v) is 5.90. The Morgan fingerprint density at radius 2 is 2.06 bits per heavy atom. The smallest absolute Gasteiger partial charge is 0.0981 e. The Balaban J connectivity index is 3.03. The third-order valence-corrected chi connectivity index (χ3v) is 3.48. The molecule has 0 spiro atoms. The largest absolute Gasteiger partial charge is 0.393 e. The highest BCUT2D eigenvalue weighted by atomic mass is 16.3. The molecule has 0 fully saturated rings. The van der Waals surface area contributed by atoms with Crippen LogP contribution >= 0.6 is 0 Å². The SMILES string of the molecule is C=C[C@@](C)(O)/C=C/C1=C(C)CC(O)CC1(C)C. The van der Waals surface area contributed by atoms with Gasteiger partial charge in [-0.15, -0.1) is 0 Å². The van der Waals surface area contributed by atoms with E-state index in [9.17, 15) is 10.2 Å². The fraction of sp³-hybridized carbons (Fsp3) is 0.600. The standard InChI is InChI=1S/C15H24O2/c1-6-15(5,17)8-7-13-11(2)9-12(16)10-14(13,3)4/h6-8,12,16-17H,1,9-10H2,2-5H3/b8-7+/t12?,15-/m1/s1. The highest BCUT2D eigenvalue weighted by Crippen LogP contribution is 2.41. The average molecular weight is 236 g/mol. The quantitative estimate of drug-likeness (QED) is 0.740. The zero-order valence-electron chi connectivity index (χ0n) is 11.3.